The summed E-state index contributed by atoms with van der Waals surface area (Å²) in [6, 6.07) is 10.2. The van der Waals surface area contributed by atoms with Crippen molar-refractivity contribution < 1.29 is 23.0 Å². The first kappa shape index (κ1) is 14.8. The Morgan fingerprint density at radius 3 is 2.57 bits per heavy atom. The van der Waals surface area contributed by atoms with Crippen molar-refractivity contribution >= 4 is 0 Å². The molecule has 0 aliphatic heterocycles. The molecule has 4 nitrogen and oxygen atoms in total. The summed E-state index contributed by atoms with van der Waals surface area (Å²) in [5, 5.41) is 17.9. The van der Waals surface area contributed by atoms with E-state index in [0.717, 1.165) is 12.1 Å². The number of hydrogen-bond acceptors (Lipinski definition) is 4. The Hall–Kier alpha value is -2.59. The molecule has 0 saturated heterocycles. The largest absolute Gasteiger partial charge is 0.439 e. The molecule has 1 N–H and O–H groups in total. The molecule has 2 aromatic rings. The van der Waals surface area contributed by atoms with Gasteiger partial charge in [-0.15, -0.1) is 0 Å². The number of pyridine rings is 1. The van der Waals surface area contributed by atoms with Gasteiger partial charge in [-0.05, 0) is 24.3 Å². The van der Waals surface area contributed by atoms with Crippen molar-refractivity contribution in [1.82, 2.24) is 4.98 Å². The highest BCUT2D eigenvalue weighted by atomic mass is 19.4. The average Bonchev–Trinajstić information content (AvgIpc) is 2.46. The molecule has 108 valence electrons. The van der Waals surface area contributed by atoms with E-state index in [9.17, 15) is 18.3 Å². The van der Waals surface area contributed by atoms with Gasteiger partial charge in [-0.3, -0.25) is 0 Å². The molecule has 0 radical (unpaired) electrons. The molecule has 0 spiro atoms. The predicted molar refractivity (Wildman–Crippen MR) is 66.3 cm³/mol. The van der Waals surface area contributed by atoms with Gasteiger partial charge in [0.1, 0.15) is 11.8 Å². The maximum Gasteiger partial charge on any atom is 0.416 e. The third-order valence-electron chi connectivity index (χ3n) is 2.53. The molecule has 0 amide bonds. The van der Waals surface area contributed by atoms with Gasteiger partial charge in [0.15, 0.2) is 6.10 Å². The van der Waals surface area contributed by atoms with Crippen LogP contribution in [0.3, 0.4) is 0 Å². The molecule has 0 aliphatic rings. The summed E-state index contributed by atoms with van der Waals surface area (Å²) < 4.78 is 43.0. The molecule has 1 aromatic carbocycles. The maximum atomic E-state index is 12.6. The summed E-state index contributed by atoms with van der Waals surface area (Å²) in [5.41, 5.74) is -0.782. The summed E-state index contributed by atoms with van der Waals surface area (Å²) in [6.07, 6.45) is -5.89. The Balaban J connectivity index is 2.25. The third kappa shape index (κ3) is 3.70. The standard InChI is InChI=1S/C14H9F3N2O2/c15-14(16,17)9-3-1-4-10(7-9)21-13-6-2-5-11(19-13)12(20)8-18/h1-7,12,20H. The van der Waals surface area contributed by atoms with E-state index in [0.29, 0.717) is 0 Å². The van der Waals surface area contributed by atoms with Crippen LogP contribution < -0.4 is 4.74 Å². The topological polar surface area (TPSA) is 66.1 Å². The Morgan fingerprint density at radius 1 is 1.19 bits per heavy atom. The van der Waals surface area contributed by atoms with Crippen LogP contribution in [0.4, 0.5) is 13.2 Å². The van der Waals surface area contributed by atoms with Crippen molar-refractivity contribution in [3.8, 4) is 17.7 Å². The number of aliphatic hydroxyl groups is 1. The molecular weight excluding hydrogens is 285 g/mol. The molecule has 0 fully saturated rings. The van der Waals surface area contributed by atoms with Crippen LogP contribution in [0.2, 0.25) is 0 Å². The monoisotopic (exact) mass is 294 g/mol. The molecule has 1 atom stereocenters. The lowest BCUT2D eigenvalue weighted by atomic mass is 10.2. The van der Waals surface area contributed by atoms with E-state index in [2.05, 4.69) is 4.98 Å². The summed E-state index contributed by atoms with van der Waals surface area (Å²) >= 11 is 0. The minimum atomic E-state index is -4.47. The number of rotatable bonds is 3. The van der Waals surface area contributed by atoms with Crippen molar-refractivity contribution in [2.24, 2.45) is 0 Å². The zero-order chi connectivity index (χ0) is 15.5. The van der Waals surface area contributed by atoms with Gasteiger partial charge < -0.3 is 9.84 Å². The lowest BCUT2D eigenvalue weighted by Gasteiger charge is -2.10. The third-order valence-corrected chi connectivity index (χ3v) is 2.53. The molecular formula is C14H9F3N2O2. The van der Waals surface area contributed by atoms with Crippen LogP contribution >= 0.6 is 0 Å². The van der Waals surface area contributed by atoms with E-state index in [1.54, 1.807) is 6.07 Å². The van der Waals surface area contributed by atoms with Gasteiger partial charge >= 0.3 is 6.18 Å². The van der Waals surface area contributed by atoms with Crippen LogP contribution in [0.25, 0.3) is 0 Å². The van der Waals surface area contributed by atoms with Crippen molar-refractivity contribution in [2.45, 2.75) is 12.3 Å². The smallest absolute Gasteiger partial charge is 0.416 e. The highest BCUT2D eigenvalue weighted by Crippen LogP contribution is 2.32. The van der Waals surface area contributed by atoms with E-state index in [-0.39, 0.29) is 17.3 Å². The van der Waals surface area contributed by atoms with Crippen LogP contribution in [-0.2, 0) is 6.18 Å². The second-order valence-electron chi connectivity index (χ2n) is 4.06. The van der Waals surface area contributed by atoms with Crippen molar-refractivity contribution in [3.63, 3.8) is 0 Å². The Labute approximate surface area is 118 Å². The SMILES string of the molecule is N#CC(O)c1cccc(Oc2cccc(C(F)(F)F)c2)n1. The van der Waals surface area contributed by atoms with Crippen LogP contribution in [0.1, 0.15) is 17.4 Å². The average molecular weight is 294 g/mol. The van der Waals surface area contributed by atoms with Crippen molar-refractivity contribution in [2.75, 3.05) is 0 Å². The van der Waals surface area contributed by atoms with Crippen LogP contribution in [0.15, 0.2) is 42.5 Å². The number of aliphatic hydroxyl groups excluding tert-OH is 1. The van der Waals surface area contributed by atoms with Gasteiger partial charge in [0.25, 0.3) is 0 Å². The molecule has 1 unspecified atom stereocenters. The van der Waals surface area contributed by atoms with Crippen LogP contribution in [0, 0.1) is 11.3 Å². The summed E-state index contributed by atoms with van der Waals surface area (Å²) in [7, 11) is 0. The van der Waals surface area contributed by atoms with Gasteiger partial charge in [0.05, 0.1) is 11.3 Å². The highest BCUT2D eigenvalue weighted by Gasteiger charge is 2.30. The first-order chi connectivity index (χ1) is 9.90. The Kier molecular flexibility index (Phi) is 4.10. The minimum Gasteiger partial charge on any atom is -0.439 e. The molecule has 7 heteroatoms. The maximum absolute atomic E-state index is 12.6. The Morgan fingerprint density at radius 2 is 1.90 bits per heavy atom. The van der Waals surface area contributed by atoms with Crippen LogP contribution in [-0.4, -0.2) is 10.1 Å². The number of aromatic nitrogens is 1. The molecule has 0 bridgehead atoms. The normalized spacial score (nSPS) is 12.5. The molecule has 1 heterocycles. The number of benzene rings is 1. The summed E-state index contributed by atoms with van der Waals surface area (Å²) in [4.78, 5) is 3.85. The van der Waals surface area contributed by atoms with E-state index < -0.39 is 17.8 Å². The minimum absolute atomic E-state index is 0.0128. The molecule has 1 aromatic heterocycles. The van der Waals surface area contributed by atoms with Gasteiger partial charge in [0.2, 0.25) is 5.88 Å². The predicted octanol–water partition coefficient (Wildman–Crippen LogP) is 3.45. The second-order valence-corrected chi connectivity index (χ2v) is 4.06. The van der Waals surface area contributed by atoms with Crippen molar-refractivity contribution in [1.29, 1.82) is 5.26 Å². The molecule has 21 heavy (non-hydrogen) atoms. The Bertz CT molecular complexity index is 680. The number of halogens is 3. The molecule has 0 aliphatic carbocycles. The fraction of sp³-hybridized carbons (Fsp3) is 0.143. The van der Waals surface area contributed by atoms with Gasteiger partial charge in [-0.25, -0.2) is 4.98 Å². The fourth-order valence-electron chi connectivity index (χ4n) is 1.56. The quantitative estimate of drug-likeness (QED) is 0.880. The van der Waals surface area contributed by atoms with E-state index in [1.807, 2.05) is 0 Å². The zero-order valence-corrected chi connectivity index (χ0v) is 10.5. The van der Waals surface area contributed by atoms with E-state index in [1.165, 1.54) is 30.3 Å². The fourth-order valence-corrected chi connectivity index (χ4v) is 1.56. The van der Waals surface area contributed by atoms with Crippen LogP contribution in [0.5, 0.6) is 11.6 Å². The van der Waals surface area contributed by atoms with Crippen molar-refractivity contribution in [3.05, 3.63) is 53.7 Å². The summed E-state index contributed by atoms with van der Waals surface area (Å²) in [6.45, 7) is 0. The lowest BCUT2D eigenvalue weighted by Crippen LogP contribution is -2.04. The first-order valence-corrected chi connectivity index (χ1v) is 5.80. The second kappa shape index (κ2) is 5.81. The summed E-state index contributed by atoms with van der Waals surface area (Å²) in [5.74, 6) is -0.0537. The number of nitriles is 1. The number of ether oxygens (including phenoxy) is 1. The molecule has 0 saturated carbocycles. The number of nitrogens with zero attached hydrogens (tertiary/aromatic N) is 2. The van der Waals surface area contributed by atoms with E-state index >= 15 is 0 Å². The molecule has 2 rings (SSSR count). The lowest BCUT2D eigenvalue weighted by molar-refractivity contribution is -0.137. The van der Waals surface area contributed by atoms with E-state index in [4.69, 9.17) is 10.00 Å². The highest BCUT2D eigenvalue weighted by molar-refractivity contribution is 5.33. The number of hydrogen-bond donors (Lipinski definition) is 1. The number of alkyl halides is 3. The van der Waals surface area contributed by atoms with Gasteiger partial charge in [-0.1, -0.05) is 12.1 Å². The first-order valence-electron chi connectivity index (χ1n) is 5.80. The van der Waals surface area contributed by atoms with Gasteiger partial charge in [-0.2, -0.15) is 18.4 Å². The zero-order valence-electron chi connectivity index (χ0n) is 10.5. The van der Waals surface area contributed by atoms with Gasteiger partial charge in [0, 0.05) is 6.07 Å².